The maximum absolute atomic E-state index is 12.9. The second kappa shape index (κ2) is 7.14. The van der Waals surface area contributed by atoms with Gasteiger partial charge in [0.1, 0.15) is 11.3 Å². The highest BCUT2D eigenvalue weighted by atomic mass is 19.4. The normalized spacial score (nSPS) is 19.7. The van der Waals surface area contributed by atoms with E-state index in [0.29, 0.717) is 24.3 Å². The van der Waals surface area contributed by atoms with Crippen LogP contribution < -0.4 is 10.4 Å². The summed E-state index contributed by atoms with van der Waals surface area (Å²) in [4.78, 5) is 25.5. The van der Waals surface area contributed by atoms with Gasteiger partial charge in [-0.25, -0.2) is 4.79 Å². The van der Waals surface area contributed by atoms with Crippen LogP contribution in [0.15, 0.2) is 27.4 Å². The highest BCUT2D eigenvalue weighted by Crippen LogP contribution is 2.33. The number of hydrogen-bond donors (Lipinski definition) is 0. The second-order valence-electron chi connectivity index (χ2n) is 7.37. The Hall–Kier alpha value is -2.51. The first-order chi connectivity index (χ1) is 13.3. The van der Waals surface area contributed by atoms with Crippen LogP contribution in [-0.2, 0) is 17.6 Å². The number of piperidine rings is 1. The smallest absolute Gasteiger partial charge is 0.393 e. The van der Waals surface area contributed by atoms with Gasteiger partial charge in [-0.1, -0.05) is 0 Å². The molecule has 0 bridgehead atoms. The molecule has 5 nitrogen and oxygen atoms in total. The number of carbonyl (C=O) groups is 1. The molecule has 28 heavy (non-hydrogen) atoms. The molecule has 1 saturated heterocycles. The Morgan fingerprint density at radius 2 is 2.00 bits per heavy atom. The van der Waals surface area contributed by atoms with E-state index in [0.717, 1.165) is 35.8 Å². The van der Waals surface area contributed by atoms with Gasteiger partial charge in [-0.05, 0) is 49.8 Å². The molecular formula is C20H20F3NO4. The molecule has 1 fully saturated rings. The molecule has 1 aromatic heterocycles. The summed E-state index contributed by atoms with van der Waals surface area (Å²) in [5.41, 5.74) is 1.77. The van der Waals surface area contributed by atoms with Gasteiger partial charge in [-0.2, -0.15) is 13.2 Å². The van der Waals surface area contributed by atoms with E-state index < -0.39 is 18.0 Å². The fourth-order valence-corrected chi connectivity index (χ4v) is 4.06. The van der Waals surface area contributed by atoms with Gasteiger partial charge >= 0.3 is 11.8 Å². The molecule has 1 atom stereocenters. The lowest BCUT2D eigenvalue weighted by Gasteiger charge is -2.33. The maximum Gasteiger partial charge on any atom is 0.393 e. The lowest BCUT2D eigenvalue weighted by atomic mass is 9.97. The van der Waals surface area contributed by atoms with Crippen LogP contribution in [0.1, 0.15) is 30.4 Å². The maximum atomic E-state index is 12.9. The third-order valence-corrected chi connectivity index (χ3v) is 5.54. The molecule has 2 heterocycles. The summed E-state index contributed by atoms with van der Waals surface area (Å²) in [6.45, 7) is -0.386. The number of fused-ring (bicyclic) bond motifs is 3. The molecule has 2 aliphatic rings. The Labute approximate surface area is 159 Å². The molecule has 0 radical (unpaired) electrons. The zero-order chi connectivity index (χ0) is 19.9. The van der Waals surface area contributed by atoms with E-state index in [4.69, 9.17) is 9.15 Å². The molecule has 1 aromatic carbocycles. The van der Waals surface area contributed by atoms with Crippen molar-refractivity contribution < 1.29 is 27.1 Å². The Morgan fingerprint density at radius 3 is 2.79 bits per heavy atom. The van der Waals surface area contributed by atoms with E-state index in [1.54, 1.807) is 18.2 Å². The summed E-state index contributed by atoms with van der Waals surface area (Å²) in [6.07, 6.45) is -1.47. The van der Waals surface area contributed by atoms with Crippen molar-refractivity contribution in [2.45, 2.75) is 38.3 Å². The van der Waals surface area contributed by atoms with Crippen LogP contribution in [0.5, 0.6) is 5.75 Å². The van der Waals surface area contributed by atoms with Gasteiger partial charge in [0.2, 0.25) is 0 Å². The first kappa shape index (κ1) is 18.8. The summed E-state index contributed by atoms with van der Waals surface area (Å²) in [7, 11) is 0. The van der Waals surface area contributed by atoms with Crippen molar-refractivity contribution in [3.05, 3.63) is 39.7 Å². The third kappa shape index (κ3) is 3.59. The van der Waals surface area contributed by atoms with Crippen LogP contribution in [0.3, 0.4) is 0 Å². The van der Waals surface area contributed by atoms with E-state index in [1.807, 2.05) is 0 Å². The Kier molecular flexibility index (Phi) is 4.81. The lowest BCUT2D eigenvalue weighted by molar-refractivity contribution is -0.188. The molecule has 2 aromatic rings. The average Bonchev–Trinajstić information content (AvgIpc) is 3.16. The van der Waals surface area contributed by atoms with Crippen molar-refractivity contribution in [3.8, 4) is 5.75 Å². The van der Waals surface area contributed by atoms with Crippen LogP contribution in [-0.4, -0.2) is 36.7 Å². The minimum Gasteiger partial charge on any atom is -0.484 e. The highest BCUT2D eigenvalue weighted by molar-refractivity contribution is 5.83. The lowest BCUT2D eigenvalue weighted by Crippen LogP contribution is -2.46. The number of amides is 1. The van der Waals surface area contributed by atoms with Gasteiger partial charge in [-0.15, -0.1) is 0 Å². The molecule has 1 aliphatic carbocycles. The number of ether oxygens (including phenoxy) is 1. The Balaban J connectivity index is 1.45. The first-order valence-corrected chi connectivity index (χ1v) is 9.39. The number of nitrogens with zero attached hydrogens (tertiary/aromatic N) is 1. The van der Waals surface area contributed by atoms with E-state index in [1.165, 1.54) is 4.90 Å². The van der Waals surface area contributed by atoms with E-state index in [-0.39, 0.29) is 25.2 Å². The minimum atomic E-state index is -4.30. The minimum absolute atomic E-state index is 0.0438. The van der Waals surface area contributed by atoms with Crippen molar-refractivity contribution in [1.29, 1.82) is 0 Å². The zero-order valence-electron chi connectivity index (χ0n) is 15.2. The van der Waals surface area contributed by atoms with E-state index in [9.17, 15) is 22.8 Å². The second-order valence-corrected chi connectivity index (χ2v) is 7.37. The van der Waals surface area contributed by atoms with Gasteiger partial charge in [0, 0.05) is 30.1 Å². The van der Waals surface area contributed by atoms with E-state index >= 15 is 0 Å². The molecule has 0 N–H and O–H groups in total. The number of likely N-dealkylation sites (tertiary alicyclic amines) is 1. The average molecular weight is 395 g/mol. The van der Waals surface area contributed by atoms with Gasteiger partial charge in [0.05, 0.1) is 5.92 Å². The summed E-state index contributed by atoms with van der Waals surface area (Å²) < 4.78 is 49.5. The molecule has 1 unspecified atom stereocenters. The van der Waals surface area contributed by atoms with Crippen LogP contribution in [0, 0.1) is 5.92 Å². The first-order valence-electron chi connectivity index (χ1n) is 9.39. The molecule has 0 saturated carbocycles. The van der Waals surface area contributed by atoms with Gasteiger partial charge in [0.15, 0.2) is 6.61 Å². The molecule has 1 aliphatic heterocycles. The predicted molar refractivity (Wildman–Crippen MR) is 95.4 cm³/mol. The summed E-state index contributed by atoms with van der Waals surface area (Å²) in [5, 5.41) is 0.856. The molecule has 4 rings (SSSR count). The molecule has 8 heteroatoms. The molecule has 1 amide bonds. The third-order valence-electron chi connectivity index (χ3n) is 5.54. The van der Waals surface area contributed by atoms with Crippen molar-refractivity contribution in [1.82, 2.24) is 4.90 Å². The van der Waals surface area contributed by atoms with Gasteiger partial charge in [-0.3, -0.25) is 4.79 Å². The quantitative estimate of drug-likeness (QED) is 0.747. The van der Waals surface area contributed by atoms with Crippen LogP contribution >= 0.6 is 0 Å². The fraction of sp³-hybridized carbons (Fsp3) is 0.500. The van der Waals surface area contributed by atoms with Crippen molar-refractivity contribution in [3.63, 3.8) is 0 Å². The van der Waals surface area contributed by atoms with Gasteiger partial charge < -0.3 is 14.1 Å². The topological polar surface area (TPSA) is 59.8 Å². The zero-order valence-corrected chi connectivity index (χ0v) is 15.2. The number of carbonyl (C=O) groups excluding carboxylic acids is 1. The monoisotopic (exact) mass is 395 g/mol. The van der Waals surface area contributed by atoms with Crippen molar-refractivity contribution >= 4 is 16.9 Å². The highest BCUT2D eigenvalue weighted by Gasteiger charge is 2.42. The summed E-state index contributed by atoms with van der Waals surface area (Å²) in [5.74, 6) is -1.63. The standard InChI is InChI=1S/C20H20F3NO4/c21-20(22,23)12-3-2-8-24(10-12)18(25)11-27-13-6-7-15-14-4-1-5-16(14)19(26)28-17(15)9-13/h6-7,9,12H,1-5,8,10-11H2. The molecular weight excluding hydrogens is 375 g/mol. The summed E-state index contributed by atoms with van der Waals surface area (Å²) in [6, 6.07) is 5.03. The number of halogens is 3. The Morgan fingerprint density at radius 1 is 1.21 bits per heavy atom. The van der Waals surface area contributed by atoms with Crippen LogP contribution in [0.2, 0.25) is 0 Å². The van der Waals surface area contributed by atoms with Crippen LogP contribution in [0.25, 0.3) is 11.0 Å². The predicted octanol–water partition coefficient (Wildman–Crippen LogP) is 3.46. The number of alkyl halides is 3. The van der Waals surface area contributed by atoms with Crippen LogP contribution in [0.4, 0.5) is 13.2 Å². The van der Waals surface area contributed by atoms with Crippen molar-refractivity contribution in [2.24, 2.45) is 5.92 Å². The SMILES string of the molecule is O=C(COc1ccc2c3c(c(=O)oc2c1)CCC3)N1CCCC(C(F)(F)F)C1. The largest absolute Gasteiger partial charge is 0.484 e. The van der Waals surface area contributed by atoms with Gasteiger partial charge in [0.25, 0.3) is 5.91 Å². The fourth-order valence-electron chi connectivity index (χ4n) is 4.06. The van der Waals surface area contributed by atoms with E-state index in [2.05, 4.69) is 0 Å². The number of benzene rings is 1. The summed E-state index contributed by atoms with van der Waals surface area (Å²) >= 11 is 0. The molecule has 150 valence electrons. The molecule has 0 spiro atoms. The number of hydrogen-bond acceptors (Lipinski definition) is 4. The number of aryl methyl sites for hydroxylation is 1. The number of rotatable bonds is 3. The Bertz CT molecular complexity index is 966. The van der Waals surface area contributed by atoms with Crippen molar-refractivity contribution in [2.75, 3.05) is 19.7 Å².